The average Bonchev–Trinajstić information content (AvgIpc) is 2.52. The molecule has 0 unspecified atom stereocenters. The van der Waals surface area contributed by atoms with E-state index in [9.17, 15) is 8.42 Å². The number of halogens is 2. The van der Waals surface area contributed by atoms with Crippen LogP contribution in [0.2, 0.25) is 5.02 Å². The second-order valence-corrected chi connectivity index (χ2v) is 8.90. The largest absolute Gasteiger partial charge is 0.380 e. The summed E-state index contributed by atoms with van der Waals surface area (Å²) in [6.45, 7) is 9.29. The lowest BCUT2D eigenvalue weighted by Gasteiger charge is -2.31. The molecule has 0 radical (unpaired) electrons. The topological polar surface area (TPSA) is 46.6 Å². The summed E-state index contributed by atoms with van der Waals surface area (Å²) in [6.07, 6.45) is 0.750. The van der Waals surface area contributed by atoms with Crippen molar-refractivity contribution in [2.75, 3.05) is 19.8 Å². The predicted octanol–water partition coefficient (Wildman–Crippen LogP) is 4.70. The van der Waals surface area contributed by atoms with Crippen molar-refractivity contribution in [2.45, 2.75) is 50.4 Å². The van der Waals surface area contributed by atoms with Gasteiger partial charge in [0.1, 0.15) is 0 Å². The van der Waals surface area contributed by atoms with Gasteiger partial charge in [0.2, 0.25) is 10.0 Å². The lowest BCUT2D eigenvalue weighted by molar-refractivity contribution is 0.0901. The monoisotopic (exact) mass is 439 g/mol. The number of sulfonamides is 1. The molecule has 0 aromatic heterocycles. The third kappa shape index (κ3) is 5.70. The fourth-order valence-electron chi connectivity index (χ4n) is 2.62. The third-order valence-electron chi connectivity index (χ3n) is 3.75. The number of nitrogens with zero attached hydrogens (tertiary/aromatic N) is 1. The average molecular weight is 441 g/mol. The molecule has 0 aliphatic carbocycles. The van der Waals surface area contributed by atoms with Crippen molar-refractivity contribution in [3.63, 3.8) is 0 Å². The van der Waals surface area contributed by atoms with Crippen LogP contribution in [-0.2, 0) is 20.1 Å². The van der Waals surface area contributed by atoms with Crippen LogP contribution in [0.5, 0.6) is 0 Å². The number of alkyl halides is 1. The maximum Gasteiger partial charge on any atom is 0.243 e. The highest BCUT2D eigenvalue weighted by atomic mass is 79.9. The molecule has 7 heteroatoms. The van der Waals surface area contributed by atoms with Gasteiger partial charge >= 0.3 is 0 Å². The number of hydrogen-bond donors (Lipinski definition) is 0. The Morgan fingerprint density at radius 2 is 1.96 bits per heavy atom. The lowest BCUT2D eigenvalue weighted by Crippen LogP contribution is -2.43. The minimum atomic E-state index is -3.62. The summed E-state index contributed by atoms with van der Waals surface area (Å²) in [7, 11) is -3.62. The SMILES string of the molecule is CCOC[C@H](CC(C)C)N(CC)S(=O)(=O)c1ccc(CBr)c(Cl)c1. The van der Waals surface area contributed by atoms with E-state index in [1.54, 1.807) is 12.1 Å². The Balaban J connectivity index is 3.19. The molecule has 138 valence electrons. The molecule has 0 aliphatic heterocycles. The van der Waals surface area contributed by atoms with E-state index in [1.807, 2.05) is 13.8 Å². The smallest absolute Gasteiger partial charge is 0.243 e. The van der Waals surface area contributed by atoms with Crippen LogP contribution < -0.4 is 0 Å². The van der Waals surface area contributed by atoms with Crippen molar-refractivity contribution in [1.82, 2.24) is 4.31 Å². The summed E-state index contributed by atoms with van der Waals surface area (Å²) in [5, 5.41) is 1.04. The van der Waals surface area contributed by atoms with Gasteiger partial charge in [0.15, 0.2) is 0 Å². The van der Waals surface area contributed by atoms with Gasteiger partial charge < -0.3 is 4.74 Å². The number of benzene rings is 1. The Morgan fingerprint density at radius 1 is 1.29 bits per heavy atom. The normalized spacial score (nSPS) is 13.7. The molecule has 0 fully saturated rings. The lowest BCUT2D eigenvalue weighted by atomic mass is 10.0. The van der Waals surface area contributed by atoms with Crippen molar-refractivity contribution in [2.24, 2.45) is 5.92 Å². The van der Waals surface area contributed by atoms with Gasteiger partial charge in [-0.25, -0.2) is 8.42 Å². The molecule has 4 nitrogen and oxygen atoms in total. The Labute approximate surface area is 159 Å². The third-order valence-corrected chi connectivity index (χ3v) is 6.73. The van der Waals surface area contributed by atoms with Crippen LogP contribution in [0, 0.1) is 5.92 Å². The molecule has 0 heterocycles. The molecule has 0 aliphatic rings. The summed E-state index contributed by atoms with van der Waals surface area (Å²) in [5.41, 5.74) is 0.867. The van der Waals surface area contributed by atoms with Crippen molar-refractivity contribution in [1.29, 1.82) is 0 Å². The first-order chi connectivity index (χ1) is 11.3. The van der Waals surface area contributed by atoms with Crippen LogP contribution in [0.4, 0.5) is 0 Å². The highest BCUT2D eigenvalue weighted by molar-refractivity contribution is 9.08. The van der Waals surface area contributed by atoms with E-state index in [2.05, 4.69) is 29.8 Å². The Bertz CT molecular complexity index is 622. The van der Waals surface area contributed by atoms with E-state index in [4.69, 9.17) is 16.3 Å². The summed E-state index contributed by atoms with van der Waals surface area (Å²) in [4.78, 5) is 0.226. The molecule has 24 heavy (non-hydrogen) atoms. The number of ether oxygens (including phenoxy) is 1. The van der Waals surface area contributed by atoms with E-state index in [1.165, 1.54) is 10.4 Å². The fraction of sp³-hybridized carbons (Fsp3) is 0.647. The maximum absolute atomic E-state index is 13.1. The van der Waals surface area contributed by atoms with Gasteiger partial charge in [0, 0.05) is 29.5 Å². The molecule has 0 saturated heterocycles. The number of rotatable bonds is 10. The van der Waals surface area contributed by atoms with Crippen LogP contribution in [0.1, 0.15) is 39.7 Å². The second-order valence-electron chi connectivity index (χ2n) is 6.04. The zero-order chi connectivity index (χ0) is 18.3. The van der Waals surface area contributed by atoms with Crippen LogP contribution >= 0.6 is 27.5 Å². The van der Waals surface area contributed by atoms with E-state index in [0.717, 1.165) is 12.0 Å². The number of likely N-dealkylation sites (N-methyl/N-ethyl adjacent to an activating group) is 1. The van der Waals surface area contributed by atoms with Crippen LogP contribution in [0.25, 0.3) is 0 Å². The fourth-order valence-corrected chi connectivity index (χ4v) is 5.24. The zero-order valence-electron chi connectivity index (χ0n) is 14.8. The molecule has 0 amide bonds. The highest BCUT2D eigenvalue weighted by Crippen LogP contribution is 2.27. The van der Waals surface area contributed by atoms with E-state index >= 15 is 0 Å². The predicted molar refractivity (Wildman–Crippen MR) is 103 cm³/mol. The maximum atomic E-state index is 13.1. The molecule has 0 saturated carbocycles. The van der Waals surface area contributed by atoms with Gasteiger partial charge in [-0.2, -0.15) is 4.31 Å². The molecule has 1 aromatic carbocycles. The standard InChI is InChI=1S/C17H27BrClNO3S/c1-5-20(15(9-13(3)4)12-23-6-2)24(21,22)16-8-7-14(11-18)17(19)10-16/h7-8,10,13,15H,5-6,9,11-12H2,1-4H3/t15-/m0/s1. The van der Waals surface area contributed by atoms with Gasteiger partial charge in [-0.15, -0.1) is 0 Å². The van der Waals surface area contributed by atoms with E-state index in [-0.39, 0.29) is 10.9 Å². The van der Waals surface area contributed by atoms with E-state index in [0.29, 0.717) is 36.0 Å². The van der Waals surface area contributed by atoms with Crippen LogP contribution in [0.15, 0.2) is 23.1 Å². The molecule has 0 spiro atoms. The molecule has 1 rings (SSSR count). The highest BCUT2D eigenvalue weighted by Gasteiger charge is 2.31. The second kappa shape index (κ2) is 10.1. The van der Waals surface area contributed by atoms with Crippen molar-refractivity contribution < 1.29 is 13.2 Å². The van der Waals surface area contributed by atoms with Gasteiger partial charge in [-0.05, 0) is 37.0 Å². The Morgan fingerprint density at radius 3 is 2.42 bits per heavy atom. The summed E-state index contributed by atoms with van der Waals surface area (Å²) >= 11 is 9.54. The minimum absolute atomic E-state index is 0.186. The quantitative estimate of drug-likeness (QED) is 0.496. The Hall–Kier alpha value is -0.140. The first-order valence-corrected chi connectivity index (χ1v) is 11.2. The zero-order valence-corrected chi connectivity index (χ0v) is 17.9. The summed E-state index contributed by atoms with van der Waals surface area (Å²) < 4.78 is 33.3. The molecule has 1 aromatic rings. The number of hydrogen-bond acceptors (Lipinski definition) is 3. The van der Waals surface area contributed by atoms with Crippen molar-refractivity contribution in [3.8, 4) is 0 Å². The van der Waals surface area contributed by atoms with Gasteiger partial charge in [-0.1, -0.05) is 54.4 Å². The van der Waals surface area contributed by atoms with Crippen molar-refractivity contribution >= 4 is 37.6 Å². The molecular formula is C17H27BrClNO3S. The van der Waals surface area contributed by atoms with Gasteiger partial charge in [-0.3, -0.25) is 0 Å². The summed E-state index contributed by atoms with van der Waals surface area (Å²) in [5.74, 6) is 0.374. The summed E-state index contributed by atoms with van der Waals surface area (Å²) in [6, 6.07) is 4.71. The Kier molecular flexibility index (Phi) is 9.23. The molecule has 0 bridgehead atoms. The van der Waals surface area contributed by atoms with Gasteiger partial charge in [0.05, 0.1) is 11.5 Å². The minimum Gasteiger partial charge on any atom is -0.380 e. The van der Waals surface area contributed by atoms with E-state index < -0.39 is 10.0 Å². The first-order valence-electron chi connectivity index (χ1n) is 8.21. The van der Waals surface area contributed by atoms with Crippen molar-refractivity contribution in [3.05, 3.63) is 28.8 Å². The molecule has 0 N–H and O–H groups in total. The molecular weight excluding hydrogens is 414 g/mol. The van der Waals surface area contributed by atoms with Crippen LogP contribution in [0.3, 0.4) is 0 Å². The first kappa shape index (κ1) is 21.9. The van der Waals surface area contributed by atoms with Gasteiger partial charge in [0.25, 0.3) is 0 Å². The molecule has 1 atom stereocenters. The van der Waals surface area contributed by atoms with Crippen LogP contribution in [-0.4, -0.2) is 38.5 Å².